The van der Waals surface area contributed by atoms with Gasteiger partial charge >= 0.3 is 0 Å². The normalized spacial score (nSPS) is 13.8. The number of benzene rings is 2. The topological polar surface area (TPSA) is 81.2 Å². The van der Waals surface area contributed by atoms with Crippen molar-refractivity contribution in [3.63, 3.8) is 0 Å². The molecule has 188 valence electrons. The lowest BCUT2D eigenvalue weighted by Crippen LogP contribution is -2.19. The molecule has 2 aromatic heterocycles. The fourth-order valence-corrected chi connectivity index (χ4v) is 4.39. The third-order valence-electron chi connectivity index (χ3n) is 6.25. The zero-order chi connectivity index (χ0) is 25.9. The van der Waals surface area contributed by atoms with E-state index in [0.717, 1.165) is 51.1 Å². The first-order valence-corrected chi connectivity index (χ1v) is 11.8. The van der Waals surface area contributed by atoms with Crippen LogP contribution in [0.25, 0.3) is 22.2 Å². The Morgan fingerprint density at radius 2 is 1.86 bits per heavy atom. The zero-order valence-electron chi connectivity index (χ0n) is 21.2. The van der Waals surface area contributed by atoms with Gasteiger partial charge in [0, 0.05) is 52.1 Å². The Bertz CT molecular complexity index is 1500. The molecule has 0 amide bonds. The Morgan fingerprint density at radius 3 is 2.54 bits per heavy atom. The second-order valence-electron chi connectivity index (χ2n) is 8.87. The van der Waals surface area contributed by atoms with Gasteiger partial charge in [0.05, 0.1) is 19.9 Å². The van der Waals surface area contributed by atoms with Crippen molar-refractivity contribution >= 4 is 16.6 Å². The maximum atomic E-state index is 6.01. The average molecular weight is 497 g/mol. The third-order valence-corrected chi connectivity index (χ3v) is 6.25. The van der Waals surface area contributed by atoms with Gasteiger partial charge in [0.25, 0.3) is 0 Å². The quantitative estimate of drug-likeness (QED) is 0.236. The molecule has 0 fully saturated rings. The monoisotopic (exact) mass is 496 g/mol. The van der Waals surface area contributed by atoms with Gasteiger partial charge in [-0.05, 0) is 50.5 Å². The van der Waals surface area contributed by atoms with E-state index < -0.39 is 6.10 Å². The molecule has 1 atom stereocenters. The van der Waals surface area contributed by atoms with E-state index in [4.69, 9.17) is 25.5 Å². The summed E-state index contributed by atoms with van der Waals surface area (Å²) in [5, 5.41) is 5.57. The van der Waals surface area contributed by atoms with Crippen molar-refractivity contribution in [3.8, 4) is 40.8 Å². The number of rotatable bonds is 9. The van der Waals surface area contributed by atoms with Crippen LogP contribution in [0.5, 0.6) is 17.2 Å². The van der Waals surface area contributed by atoms with Crippen LogP contribution in [0.15, 0.2) is 60.0 Å². The number of nitrogens with zero attached hydrogens (tertiary/aromatic N) is 3. The van der Waals surface area contributed by atoms with Crippen molar-refractivity contribution in [1.29, 1.82) is 0 Å². The zero-order valence-corrected chi connectivity index (χ0v) is 21.2. The predicted molar refractivity (Wildman–Crippen MR) is 143 cm³/mol. The molecule has 8 nitrogen and oxygen atoms in total. The van der Waals surface area contributed by atoms with E-state index >= 15 is 0 Å². The molecule has 0 saturated heterocycles. The molecule has 37 heavy (non-hydrogen) atoms. The molecule has 2 aromatic carbocycles. The summed E-state index contributed by atoms with van der Waals surface area (Å²) in [4.78, 5) is 15.7. The van der Waals surface area contributed by atoms with E-state index in [0.29, 0.717) is 23.8 Å². The number of H-pyrrole nitrogens is 1. The van der Waals surface area contributed by atoms with E-state index in [1.54, 1.807) is 26.6 Å². The van der Waals surface area contributed by atoms with Gasteiger partial charge in [0.1, 0.15) is 18.1 Å². The number of nitrogens with one attached hydrogen (secondary N) is 1. The van der Waals surface area contributed by atoms with E-state index in [9.17, 15) is 0 Å². The fourth-order valence-electron chi connectivity index (χ4n) is 4.39. The van der Waals surface area contributed by atoms with Crippen molar-refractivity contribution in [2.45, 2.75) is 6.10 Å². The van der Waals surface area contributed by atoms with Crippen LogP contribution in [0.1, 0.15) is 22.8 Å². The smallest absolute Gasteiger partial charge is 0.213 e. The summed E-state index contributed by atoms with van der Waals surface area (Å²) in [6.07, 6.45) is 8.46. The molecule has 1 aliphatic rings. The average Bonchev–Trinajstić information content (AvgIpc) is 3.43. The summed E-state index contributed by atoms with van der Waals surface area (Å²) < 4.78 is 17.2. The minimum absolute atomic E-state index is 0.582. The molecular formula is C29H28N4O4. The van der Waals surface area contributed by atoms with Crippen LogP contribution < -0.4 is 14.2 Å². The highest BCUT2D eigenvalue weighted by atomic mass is 16.6. The first kappa shape index (κ1) is 24.2. The van der Waals surface area contributed by atoms with E-state index in [1.807, 2.05) is 56.6 Å². The van der Waals surface area contributed by atoms with E-state index in [1.165, 1.54) is 0 Å². The Balaban J connectivity index is 1.62. The van der Waals surface area contributed by atoms with Crippen LogP contribution in [0.3, 0.4) is 0 Å². The highest BCUT2D eigenvalue weighted by Gasteiger charge is 2.32. The number of hydrogen-bond acceptors (Lipinski definition) is 7. The van der Waals surface area contributed by atoms with Crippen molar-refractivity contribution in [1.82, 2.24) is 14.9 Å². The number of likely N-dealkylation sites (N-methyl/N-ethyl adjacent to an activating group) is 1. The third kappa shape index (κ3) is 4.57. The molecule has 4 aromatic rings. The van der Waals surface area contributed by atoms with Crippen LogP contribution >= 0.6 is 0 Å². The molecular weight excluding hydrogens is 468 g/mol. The van der Waals surface area contributed by atoms with Gasteiger partial charge in [-0.3, -0.25) is 4.98 Å². The van der Waals surface area contributed by atoms with Gasteiger partial charge < -0.3 is 28.9 Å². The first-order valence-electron chi connectivity index (χ1n) is 11.8. The van der Waals surface area contributed by atoms with Crippen molar-refractivity contribution in [3.05, 3.63) is 71.5 Å². The fraction of sp³-hybridized carbons (Fsp3) is 0.241. The summed E-state index contributed by atoms with van der Waals surface area (Å²) >= 11 is 0. The number of fused-ring (bicyclic) bond motifs is 5. The Hall–Kier alpha value is -4.48. The number of aromatic amines is 1. The molecule has 0 bridgehead atoms. The van der Waals surface area contributed by atoms with Crippen LogP contribution in [-0.2, 0) is 4.84 Å². The second kappa shape index (κ2) is 10.2. The summed E-state index contributed by atoms with van der Waals surface area (Å²) in [7, 11) is 7.26. The second-order valence-corrected chi connectivity index (χ2v) is 8.87. The number of oxime groups is 1. The standard InChI is InChI=1S/C29H28N4O4/c1-6-24(18-8-7-11-30-17-18)37-32-29-21-16-26(35-5)25(34-4)15-20(21)28-27(29)22-14-19(9-10-23(22)31-28)36-13-12-33(2)3/h1,7-11,14-17,24,31H,12-13H2,2-5H3/b32-29-. The number of pyridine rings is 1. The largest absolute Gasteiger partial charge is 0.493 e. The highest BCUT2D eigenvalue weighted by Crippen LogP contribution is 2.46. The molecule has 8 heteroatoms. The lowest BCUT2D eigenvalue weighted by molar-refractivity contribution is 0.0998. The number of aromatic nitrogens is 2. The summed E-state index contributed by atoms with van der Waals surface area (Å²) in [6.45, 7) is 1.40. The minimum Gasteiger partial charge on any atom is -0.493 e. The van der Waals surface area contributed by atoms with Gasteiger partial charge in [0.15, 0.2) is 11.5 Å². The van der Waals surface area contributed by atoms with Gasteiger partial charge in [-0.25, -0.2) is 0 Å². The molecule has 2 heterocycles. The molecule has 0 saturated carbocycles. The van der Waals surface area contributed by atoms with Crippen LogP contribution in [0, 0.1) is 12.3 Å². The van der Waals surface area contributed by atoms with Crippen molar-refractivity contribution < 1.29 is 19.0 Å². The van der Waals surface area contributed by atoms with Crippen molar-refractivity contribution in [2.75, 3.05) is 41.5 Å². The molecule has 1 aliphatic carbocycles. The summed E-state index contributed by atoms with van der Waals surface area (Å²) in [5.41, 5.74) is 5.94. The van der Waals surface area contributed by atoms with Gasteiger partial charge in [-0.1, -0.05) is 17.1 Å². The minimum atomic E-state index is -0.691. The number of methoxy groups -OCH3 is 2. The lowest BCUT2D eigenvalue weighted by Gasteiger charge is -2.13. The maximum Gasteiger partial charge on any atom is 0.213 e. The SMILES string of the molecule is C#CC(O/N=C1/c2cc(OC)c(OC)cc2-c2[nH]c3ccc(OCCN(C)C)cc3c21)c1cccnc1. The molecule has 0 spiro atoms. The Kier molecular flexibility index (Phi) is 6.71. The van der Waals surface area contributed by atoms with E-state index in [2.05, 4.69) is 25.9 Å². The molecule has 5 rings (SSSR count). The van der Waals surface area contributed by atoms with Gasteiger partial charge in [0.2, 0.25) is 6.10 Å². The molecule has 1 unspecified atom stereocenters. The Morgan fingerprint density at radius 1 is 1.08 bits per heavy atom. The molecule has 0 radical (unpaired) electrons. The molecule has 0 aliphatic heterocycles. The number of ether oxygens (including phenoxy) is 3. The lowest BCUT2D eigenvalue weighted by atomic mass is 10.1. The first-order chi connectivity index (χ1) is 18.0. The highest BCUT2D eigenvalue weighted by molar-refractivity contribution is 6.30. The maximum absolute atomic E-state index is 6.01. The van der Waals surface area contributed by atoms with Gasteiger partial charge in [-0.2, -0.15) is 0 Å². The predicted octanol–water partition coefficient (Wildman–Crippen LogP) is 4.64. The van der Waals surface area contributed by atoms with Crippen LogP contribution in [-0.4, -0.2) is 62.0 Å². The summed E-state index contributed by atoms with van der Waals surface area (Å²) in [6, 6.07) is 13.5. The molecule has 1 N–H and O–H groups in total. The summed E-state index contributed by atoms with van der Waals surface area (Å²) in [5.74, 6) is 4.65. The van der Waals surface area contributed by atoms with Crippen LogP contribution in [0.4, 0.5) is 0 Å². The number of terminal acetylenes is 1. The van der Waals surface area contributed by atoms with E-state index in [-0.39, 0.29) is 0 Å². The number of hydrogen-bond donors (Lipinski definition) is 1. The van der Waals surface area contributed by atoms with Gasteiger partial charge in [-0.15, -0.1) is 6.42 Å². The van der Waals surface area contributed by atoms with Crippen molar-refractivity contribution in [2.24, 2.45) is 5.16 Å². The Labute approximate surface area is 215 Å². The van der Waals surface area contributed by atoms with Crippen LogP contribution in [0.2, 0.25) is 0 Å².